The number of aliphatic hydroxyl groups excluding tert-OH is 1. The van der Waals surface area contributed by atoms with Crippen LogP contribution in [0.25, 0.3) is 5.76 Å². The zero-order chi connectivity index (χ0) is 20.3. The topological polar surface area (TPSA) is 66.8 Å². The van der Waals surface area contributed by atoms with Gasteiger partial charge in [0.25, 0.3) is 11.7 Å². The van der Waals surface area contributed by atoms with Crippen LogP contribution in [0.15, 0.2) is 60.2 Å². The standard InChI is InChI=1S/C22H22ClNO4/c1-14(2)28-12-11-24-19(15-7-4-3-5-8-15)18(21(26)22(24)27)20(25)16-9-6-10-17(23)13-16/h3-10,13-14,19,25H,11-12H2,1-2H3/b20-18-. The minimum Gasteiger partial charge on any atom is -0.507 e. The van der Waals surface area contributed by atoms with Crippen LogP contribution in [0.2, 0.25) is 5.02 Å². The van der Waals surface area contributed by atoms with Gasteiger partial charge in [0.2, 0.25) is 0 Å². The highest BCUT2D eigenvalue weighted by Crippen LogP contribution is 2.39. The van der Waals surface area contributed by atoms with E-state index in [2.05, 4.69) is 0 Å². The average Bonchev–Trinajstić information content (AvgIpc) is 2.93. The average molecular weight is 400 g/mol. The third-order valence-corrected chi connectivity index (χ3v) is 4.77. The number of aliphatic hydroxyl groups is 1. The van der Waals surface area contributed by atoms with Gasteiger partial charge in [-0.25, -0.2) is 0 Å². The lowest BCUT2D eigenvalue weighted by molar-refractivity contribution is -0.140. The van der Waals surface area contributed by atoms with E-state index >= 15 is 0 Å². The number of hydrogen-bond acceptors (Lipinski definition) is 4. The normalized spacial score (nSPS) is 18.9. The summed E-state index contributed by atoms with van der Waals surface area (Å²) in [4.78, 5) is 27.0. The van der Waals surface area contributed by atoms with Crippen molar-refractivity contribution in [1.82, 2.24) is 4.90 Å². The fourth-order valence-electron chi connectivity index (χ4n) is 3.27. The number of carbonyl (C=O) groups is 2. The molecule has 1 fully saturated rings. The van der Waals surface area contributed by atoms with Gasteiger partial charge in [0.1, 0.15) is 5.76 Å². The second-order valence-corrected chi connectivity index (χ2v) is 7.27. The molecule has 1 heterocycles. The Morgan fingerprint density at radius 3 is 2.50 bits per heavy atom. The minimum atomic E-state index is -0.712. The summed E-state index contributed by atoms with van der Waals surface area (Å²) < 4.78 is 5.57. The van der Waals surface area contributed by atoms with Crippen molar-refractivity contribution in [3.8, 4) is 0 Å². The van der Waals surface area contributed by atoms with Crippen LogP contribution in [0.4, 0.5) is 0 Å². The number of rotatable bonds is 6. The molecule has 1 unspecified atom stereocenters. The lowest BCUT2D eigenvalue weighted by Gasteiger charge is -2.25. The molecular formula is C22H22ClNO4. The van der Waals surface area contributed by atoms with Gasteiger partial charge in [-0.05, 0) is 31.5 Å². The zero-order valence-electron chi connectivity index (χ0n) is 15.8. The number of ketones is 1. The first kappa shape index (κ1) is 20.1. The molecule has 1 aliphatic rings. The van der Waals surface area contributed by atoms with Crippen molar-refractivity contribution in [1.29, 1.82) is 0 Å². The molecule has 0 spiro atoms. The van der Waals surface area contributed by atoms with Crippen molar-refractivity contribution in [2.75, 3.05) is 13.2 Å². The van der Waals surface area contributed by atoms with E-state index in [-0.39, 0.29) is 24.0 Å². The Balaban J connectivity index is 2.07. The molecule has 146 valence electrons. The van der Waals surface area contributed by atoms with Crippen molar-refractivity contribution >= 4 is 29.1 Å². The summed E-state index contributed by atoms with van der Waals surface area (Å²) in [5.74, 6) is -1.59. The number of carbonyl (C=O) groups excluding carboxylic acids is 2. The molecule has 3 rings (SSSR count). The van der Waals surface area contributed by atoms with Crippen molar-refractivity contribution < 1.29 is 19.4 Å². The molecule has 0 aromatic heterocycles. The van der Waals surface area contributed by atoms with Gasteiger partial charge in [0.15, 0.2) is 0 Å². The lowest BCUT2D eigenvalue weighted by Crippen LogP contribution is -2.33. The molecule has 0 bridgehead atoms. The highest BCUT2D eigenvalue weighted by molar-refractivity contribution is 6.46. The fourth-order valence-corrected chi connectivity index (χ4v) is 3.46. The Labute approximate surface area is 169 Å². The first-order valence-electron chi connectivity index (χ1n) is 9.11. The molecular weight excluding hydrogens is 378 g/mol. The predicted octanol–water partition coefficient (Wildman–Crippen LogP) is 4.19. The molecule has 5 nitrogen and oxygen atoms in total. The SMILES string of the molecule is CC(C)OCCN1C(=O)C(=O)/C(=C(\O)c2cccc(Cl)c2)C1c1ccccc1. The van der Waals surface area contributed by atoms with Crippen LogP contribution in [0, 0.1) is 0 Å². The number of Topliss-reactive ketones (excluding diaryl/α,β-unsaturated/α-hetero) is 1. The summed E-state index contributed by atoms with van der Waals surface area (Å²) in [5, 5.41) is 11.3. The van der Waals surface area contributed by atoms with Crippen molar-refractivity contribution in [2.45, 2.75) is 26.0 Å². The number of benzene rings is 2. The zero-order valence-corrected chi connectivity index (χ0v) is 16.5. The molecule has 1 amide bonds. The van der Waals surface area contributed by atoms with E-state index in [1.54, 1.807) is 24.3 Å². The van der Waals surface area contributed by atoms with Crippen molar-refractivity contribution in [2.24, 2.45) is 0 Å². The van der Waals surface area contributed by atoms with Crippen LogP contribution in [0.5, 0.6) is 0 Å². The van der Waals surface area contributed by atoms with E-state index in [1.807, 2.05) is 44.2 Å². The van der Waals surface area contributed by atoms with Crippen LogP contribution >= 0.6 is 11.6 Å². The summed E-state index contributed by atoms with van der Waals surface area (Å²) in [5.41, 5.74) is 1.20. The monoisotopic (exact) mass is 399 g/mol. The van der Waals surface area contributed by atoms with E-state index < -0.39 is 17.7 Å². The molecule has 0 saturated carbocycles. The molecule has 0 aliphatic carbocycles. The fraction of sp³-hybridized carbons (Fsp3) is 0.273. The molecule has 6 heteroatoms. The maximum atomic E-state index is 12.8. The first-order valence-corrected chi connectivity index (χ1v) is 9.49. The third kappa shape index (κ3) is 4.11. The Hall–Kier alpha value is -2.63. The quantitative estimate of drug-likeness (QED) is 0.449. The molecule has 1 saturated heterocycles. The largest absolute Gasteiger partial charge is 0.507 e. The number of halogens is 1. The first-order chi connectivity index (χ1) is 13.4. The Bertz CT molecular complexity index is 908. The van der Waals surface area contributed by atoms with E-state index in [1.165, 1.54) is 4.90 Å². The molecule has 0 radical (unpaired) electrons. The van der Waals surface area contributed by atoms with Crippen LogP contribution in [0.3, 0.4) is 0 Å². The van der Waals surface area contributed by atoms with Gasteiger partial charge in [-0.3, -0.25) is 9.59 Å². The van der Waals surface area contributed by atoms with Crippen molar-refractivity contribution in [3.05, 3.63) is 76.3 Å². The molecule has 1 aliphatic heterocycles. The van der Waals surface area contributed by atoms with Crippen LogP contribution in [-0.4, -0.2) is 41.0 Å². The number of nitrogens with zero attached hydrogens (tertiary/aromatic N) is 1. The van der Waals surface area contributed by atoms with Gasteiger partial charge in [-0.15, -0.1) is 0 Å². The second-order valence-electron chi connectivity index (χ2n) is 6.83. The Kier molecular flexibility index (Phi) is 6.17. The summed E-state index contributed by atoms with van der Waals surface area (Å²) in [7, 11) is 0. The number of hydrogen-bond donors (Lipinski definition) is 1. The number of likely N-dealkylation sites (tertiary alicyclic amines) is 1. The van der Waals surface area contributed by atoms with Gasteiger partial charge in [0, 0.05) is 17.1 Å². The van der Waals surface area contributed by atoms with E-state index in [9.17, 15) is 14.7 Å². The Morgan fingerprint density at radius 1 is 1.14 bits per heavy atom. The molecule has 2 aromatic carbocycles. The smallest absolute Gasteiger partial charge is 0.295 e. The van der Waals surface area contributed by atoms with Crippen LogP contribution < -0.4 is 0 Å². The summed E-state index contributed by atoms with van der Waals surface area (Å²) in [6.07, 6.45) is 0.0125. The van der Waals surface area contributed by atoms with Gasteiger partial charge in [-0.1, -0.05) is 54.1 Å². The number of ether oxygens (including phenoxy) is 1. The molecule has 1 atom stereocenters. The lowest BCUT2D eigenvalue weighted by atomic mass is 9.95. The van der Waals surface area contributed by atoms with E-state index in [4.69, 9.17) is 16.3 Å². The maximum Gasteiger partial charge on any atom is 0.295 e. The van der Waals surface area contributed by atoms with Crippen LogP contribution in [0.1, 0.15) is 31.0 Å². The minimum absolute atomic E-state index is 0.0125. The van der Waals surface area contributed by atoms with Gasteiger partial charge >= 0.3 is 0 Å². The van der Waals surface area contributed by atoms with E-state index in [0.717, 1.165) is 5.56 Å². The highest BCUT2D eigenvalue weighted by atomic mass is 35.5. The predicted molar refractivity (Wildman–Crippen MR) is 108 cm³/mol. The van der Waals surface area contributed by atoms with Gasteiger partial charge in [-0.2, -0.15) is 0 Å². The van der Waals surface area contributed by atoms with Crippen molar-refractivity contribution in [3.63, 3.8) is 0 Å². The second kappa shape index (κ2) is 8.59. The molecule has 28 heavy (non-hydrogen) atoms. The van der Waals surface area contributed by atoms with E-state index in [0.29, 0.717) is 17.2 Å². The summed E-state index contributed by atoms with van der Waals surface area (Å²) in [6.45, 7) is 4.35. The third-order valence-electron chi connectivity index (χ3n) is 4.54. The molecule has 2 aromatic rings. The highest BCUT2D eigenvalue weighted by Gasteiger charge is 2.45. The summed E-state index contributed by atoms with van der Waals surface area (Å²) >= 11 is 6.03. The van der Waals surface area contributed by atoms with Gasteiger partial charge in [0.05, 0.1) is 24.3 Å². The van der Waals surface area contributed by atoms with Crippen LogP contribution in [-0.2, 0) is 14.3 Å². The maximum absolute atomic E-state index is 12.8. The number of amides is 1. The van der Waals surface area contributed by atoms with Gasteiger partial charge < -0.3 is 14.7 Å². The summed E-state index contributed by atoms with van der Waals surface area (Å²) in [6, 6.07) is 15.1. The Morgan fingerprint density at radius 2 is 1.86 bits per heavy atom. The molecule has 1 N–H and O–H groups in total.